The Hall–Kier alpha value is -1.58. The Kier molecular flexibility index (Phi) is 4.63. The monoisotopic (exact) mass is 293 g/mol. The van der Waals surface area contributed by atoms with E-state index < -0.39 is 0 Å². The molecule has 0 amide bonds. The molecular weight excluding hydrogens is 277 g/mol. The maximum Gasteiger partial charge on any atom is 0.131 e. The second-order valence-corrected chi connectivity index (χ2v) is 5.22. The predicted molar refractivity (Wildman–Crippen MR) is 79.5 cm³/mol. The third kappa shape index (κ3) is 3.30. The van der Waals surface area contributed by atoms with E-state index in [0.717, 1.165) is 22.4 Å². The highest BCUT2D eigenvalue weighted by atomic mass is 35.5. The number of aryl methyl sites for hydroxylation is 2. The quantitative estimate of drug-likeness (QED) is 0.920. The van der Waals surface area contributed by atoms with Gasteiger partial charge in [-0.2, -0.15) is 0 Å². The maximum absolute atomic E-state index is 13.7. The van der Waals surface area contributed by atoms with E-state index in [1.807, 2.05) is 26.0 Å². The highest BCUT2D eigenvalue weighted by Gasteiger charge is 2.08. The molecule has 0 bridgehead atoms. The number of hydrogen-bond donors (Lipinski definition) is 1. The number of benzene rings is 2. The van der Waals surface area contributed by atoms with Gasteiger partial charge >= 0.3 is 0 Å². The number of ether oxygens (including phenoxy) is 1. The molecule has 0 spiro atoms. The van der Waals surface area contributed by atoms with Crippen LogP contribution in [0.2, 0.25) is 5.02 Å². The maximum atomic E-state index is 13.7. The van der Waals surface area contributed by atoms with Gasteiger partial charge in [0.25, 0.3) is 0 Å². The van der Waals surface area contributed by atoms with Crippen molar-refractivity contribution in [2.75, 3.05) is 0 Å². The molecule has 0 saturated heterocycles. The van der Waals surface area contributed by atoms with Crippen LogP contribution in [0.4, 0.5) is 4.39 Å². The first-order valence-corrected chi connectivity index (χ1v) is 6.76. The van der Waals surface area contributed by atoms with Crippen LogP contribution >= 0.6 is 11.6 Å². The van der Waals surface area contributed by atoms with Crippen LogP contribution in [-0.2, 0) is 13.2 Å². The SMILES string of the molecule is Cc1cc(CN)cc(C)c1OCc1ccc(Cl)cc1F. The minimum atomic E-state index is -0.355. The lowest BCUT2D eigenvalue weighted by Gasteiger charge is -2.14. The van der Waals surface area contributed by atoms with Crippen LogP contribution in [0.5, 0.6) is 5.75 Å². The molecule has 0 radical (unpaired) electrons. The zero-order chi connectivity index (χ0) is 14.7. The van der Waals surface area contributed by atoms with Crippen molar-refractivity contribution in [1.82, 2.24) is 0 Å². The smallest absolute Gasteiger partial charge is 0.131 e. The second-order valence-electron chi connectivity index (χ2n) is 4.79. The molecule has 0 aromatic heterocycles. The first kappa shape index (κ1) is 14.8. The number of halogens is 2. The van der Waals surface area contributed by atoms with Crippen LogP contribution in [0, 0.1) is 19.7 Å². The highest BCUT2D eigenvalue weighted by Crippen LogP contribution is 2.26. The first-order chi connectivity index (χ1) is 9.51. The van der Waals surface area contributed by atoms with Crippen molar-refractivity contribution < 1.29 is 9.13 Å². The molecule has 2 rings (SSSR count). The second kappa shape index (κ2) is 6.25. The average molecular weight is 294 g/mol. The third-order valence-electron chi connectivity index (χ3n) is 3.14. The Balaban J connectivity index is 2.19. The lowest BCUT2D eigenvalue weighted by molar-refractivity contribution is 0.295. The molecule has 2 aromatic carbocycles. The predicted octanol–water partition coefficient (Wildman–Crippen LogP) is 4.13. The summed E-state index contributed by atoms with van der Waals surface area (Å²) in [5, 5.41) is 0.380. The van der Waals surface area contributed by atoms with Crippen LogP contribution in [0.15, 0.2) is 30.3 Å². The molecule has 0 heterocycles. The number of nitrogens with two attached hydrogens (primary N) is 1. The van der Waals surface area contributed by atoms with Crippen molar-refractivity contribution in [2.45, 2.75) is 27.0 Å². The molecule has 4 heteroatoms. The summed E-state index contributed by atoms with van der Waals surface area (Å²) in [6, 6.07) is 8.55. The summed E-state index contributed by atoms with van der Waals surface area (Å²) in [6.45, 7) is 4.58. The van der Waals surface area contributed by atoms with Gasteiger partial charge in [-0.3, -0.25) is 0 Å². The molecule has 0 fully saturated rings. The van der Waals surface area contributed by atoms with Gasteiger partial charge in [0, 0.05) is 17.1 Å². The summed E-state index contributed by atoms with van der Waals surface area (Å²) in [4.78, 5) is 0. The molecule has 0 unspecified atom stereocenters. The molecule has 0 aliphatic carbocycles. The lowest BCUT2D eigenvalue weighted by Crippen LogP contribution is -2.03. The van der Waals surface area contributed by atoms with Gasteiger partial charge in [0.2, 0.25) is 0 Å². The summed E-state index contributed by atoms with van der Waals surface area (Å²) in [7, 11) is 0. The van der Waals surface area contributed by atoms with Crippen LogP contribution in [0.3, 0.4) is 0 Å². The van der Waals surface area contributed by atoms with E-state index in [2.05, 4.69) is 0 Å². The van der Waals surface area contributed by atoms with Gasteiger partial charge in [-0.15, -0.1) is 0 Å². The summed E-state index contributed by atoms with van der Waals surface area (Å²) in [5.41, 5.74) is 9.18. The van der Waals surface area contributed by atoms with Crippen molar-refractivity contribution in [3.8, 4) is 5.75 Å². The van der Waals surface area contributed by atoms with Crippen LogP contribution in [-0.4, -0.2) is 0 Å². The molecule has 2 N–H and O–H groups in total. The van der Waals surface area contributed by atoms with Gasteiger partial charge in [-0.25, -0.2) is 4.39 Å². The topological polar surface area (TPSA) is 35.2 Å². The molecule has 0 atom stereocenters. The van der Waals surface area contributed by atoms with E-state index in [4.69, 9.17) is 22.1 Å². The van der Waals surface area contributed by atoms with Gasteiger partial charge in [0.1, 0.15) is 18.2 Å². The van der Waals surface area contributed by atoms with Gasteiger partial charge in [-0.1, -0.05) is 29.8 Å². The molecule has 106 valence electrons. The minimum Gasteiger partial charge on any atom is -0.488 e. The van der Waals surface area contributed by atoms with Crippen LogP contribution in [0.25, 0.3) is 0 Å². The van der Waals surface area contributed by atoms with E-state index in [1.54, 1.807) is 12.1 Å². The Bertz CT molecular complexity index is 605. The molecular formula is C16H17ClFNO. The summed E-state index contributed by atoms with van der Waals surface area (Å²) < 4.78 is 19.4. The molecule has 2 nitrogen and oxygen atoms in total. The van der Waals surface area contributed by atoms with Gasteiger partial charge < -0.3 is 10.5 Å². The summed E-state index contributed by atoms with van der Waals surface area (Å²) in [5.74, 6) is 0.419. The lowest BCUT2D eigenvalue weighted by atomic mass is 10.1. The van der Waals surface area contributed by atoms with E-state index in [-0.39, 0.29) is 12.4 Å². The Morgan fingerprint density at radius 2 is 1.80 bits per heavy atom. The molecule has 20 heavy (non-hydrogen) atoms. The Morgan fingerprint density at radius 1 is 1.15 bits per heavy atom. The van der Waals surface area contributed by atoms with Crippen molar-refractivity contribution in [1.29, 1.82) is 0 Å². The molecule has 2 aromatic rings. The van der Waals surface area contributed by atoms with Crippen molar-refractivity contribution in [3.05, 3.63) is 63.4 Å². The summed E-state index contributed by atoms with van der Waals surface area (Å²) in [6.07, 6.45) is 0. The fraction of sp³-hybridized carbons (Fsp3) is 0.250. The van der Waals surface area contributed by atoms with E-state index in [0.29, 0.717) is 17.1 Å². The van der Waals surface area contributed by atoms with Crippen LogP contribution < -0.4 is 10.5 Å². The van der Waals surface area contributed by atoms with Crippen LogP contribution in [0.1, 0.15) is 22.3 Å². The van der Waals surface area contributed by atoms with Gasteiger partial charge in [0.15, 0.2) is 0 Å². The van der Waals surface area contributed by atoms with E-state index >= 15 is 0 Å². The largest absolute Gasteiger partial charge is 0.488 e. The standard InChI is InChI=1S/C16H17ClFNO/c1-10-5-12(8-19)6-11(2)16(10)20-9-13-3-4-14(17)7-15(13)18/h3-7H,8-9,19H2,1-2H3. The molecule has 0 aliphatic rings. The average Bonchev–Trinajstić information content (AvgIpc) is 2.39. The fourth-order valence-electron chi connectivity index (χ4n) is 2.17. The first-order valence-electron chi connectivity index (χ1n) is 6.38. The van der Waals surface area contributed by atoms with Gasteiger partial charge in [0.05, 0.1) is 0 Å². The summed E-state index contributed by atoms with van der Waals surface area (Å²) >= 11 is 5.73. The molecule has 0 aliphatic heterocycles. The Morgan fingerprint density at radius 3 is 2.35 bits per heavy atom. The third-order valence-corrected chi connectivity index (χ3v) is 3.38. The highest BCUT2D eigenvalue weighted by molar-refractivity contribution is 6.30. The van der Waals surface area contributed by atoms with Crippen molar-refractivity contribution >= 4 is 11.6 Å². The fourth-order valence-corrected chi connectivity index (χ4v) is 2.33. The molecule has 0 saturated carbocycles. The van der Waals surface area contributed by atoms with E-state index in [1.165, 1.54) is 6.07 Å². The zero-order valence-corrected chi connectivity index (χ0v) is 12.3. The van der Waals surface area contributed by atoms with E-state index in [9.17, 15) is 4.39 Å². The number of rotatable bonds is 4. The normalized spacial score (nSPS) is 10.7. The zero-order valence-electron chi connectivity index (χ0n) is 11.5. The van der Waals surface area contributed by atoms with Crippen molar-refractivity contribution in [2.24, 2.45) is 5.73 Å². The minimum absolute atomic E-state index is 0.173. The number of hydrogen-bond acceptors (Lipinski definition) is 2. The van der Waals surface area contributed by atoms with Gasteiger partial charge in [-0.05, 0) is 42.7 Å². The van der Waals surface area contributed by atoms with Crippen molar-refractivity contribution in [3.63, 3.8) is 0 Å². The Labute approximate surface area is 123 Å².